The fourth-order valence-corrected chi connectivity index (χ4v) is 1.33. The summed E-state index contributed by atoms with van der Waals surface area (Å²) in [5.41, 5.74) is 7.04. The molecular formula is C10H11N3O2. The Balaban J connectivity index is 2.66. The van der Waals surface area contributed by atoms with Crippen LogP contribution in [0.25, 0.3) is 11.1 Å². The van der Waals surface area contributed by atoms with Crippen LogP contribution in [0.5, 0.6) is 0 Å². The number of carbonyl (C=O) groups excluding carboxylic acids is 1. The van der Waals surface area contributed by atoms with Crippen LogP contribution in [0.3, 0.4) is 0 Å². The van der Waals surface area contributed by atoms with E-state index in [-0.39, 0.29) is 11.6 Å². The normalized spacial score (nSPS) is 11.1. The summed E-state index contributed by atoms with van der Waals surface area (Å²) in [5, 5.41) is 3.58. The molecule has 0 saturated carbocycles. The van der Waals surface area contributed by atoms with Crippen molar-refractivity contribution >= 4 is 17.0 Å². The summed E-state index contributed by atoms with van der Waals surface area (Å²) < 4.78 is 4.93. The maximum atomic E-state index is 11.0. The Bertz CT molecular complexity index is 516. The predicted octanol–water partition coefficient (Wildman–Crippen LogP) is 1.45. The molecule has 2 aromatic rings. The average Bonchev–Trinajstić information content (AvgIpc) is 2.59. The van der Waals surface area contributed by atoms with Crippen molar-refractivity contribution in [1.82, 2.24) is 10.1 Å². The van der Waals surface area contributed by atoms with Gasteiger partial charge in [-0.15, -0.1) is 0 Å². The van der Waals surface area contributed by atoms with Gasteiger partial charge in [-0.3, -0.25) is 4.79 Å². The van der Waals surface area contributed by atoms with Crippen molar-refractivity contribution in [2.75, 3.05) is 0 Å². The number of aromatic nitrogens is 2. The number of hydrogen-bond acceptors (Lipinski definition) is 4. The van der Waals surface area contributed by atoms with Crippen LogP contribution in [0.2, 0.25) is 0 Å². The van der Waals surface area contributed by atoms with Gasteiger partial charge in [0.2, 0.25) is 0 Å². The lowest BCUT2D eigenvalue weighted by atomic mass is 10.1. The Kier molecular flexibility index (Phi) is 2.15. The lowest BCUT2D eigenvalue weighted by Crippen LogP contribution is -2.12. The van der Waals surface area contributed by atoms with Gasteiger partial charge in [-0.1, -0.05) is 19.0 Å². The van der Waals surface area contributed by atoms with E-state index in [1.54, 1.807) is 6.07 Å². The molecule has 2 N–H and O–H groups in total. The number of hydrogen-bond donors (Lipinski definition) is 1. The second-order valence-corrected chi connectivity index (χ2v) is 3.63. The molecular weight excluding hydrogens is 194 g/mol. The van der Waals surface area contributed by atoms with Crippen molar-refractivity contribution < 1.29 is 9.32 Å². The molecule has 0 spiro atoms. The first kappa shape index (κ1) is 9.64. The molecule has 0 aromatic carbocycles. The van der Waals surface area contributed by atoms with Crippen molar-refractivity contribution in [3.8, 4) is 0 Å². The van der Waals surface area contributed by atoms with E-state index in [1.165, 1.54) is 0 Å². The fraction of sp³-hybridized carbons (Fsp3) is 0.300. The number of pyridine rings is 1. The third-order valence-corrected chi connectivity index (χ3v) is 2.16. The summed E-state index contributed by atoms with van der Waals surface area (Å²) in [5.74, 6) is -0.341. The van der Waals surface area contributed by atoms with Crippen LogP contribution in [0.15, 0.2) is 16.7 Å². The van der Waals surface area contributed by atoms with Gasteiger partial charge < -0.3 is 10.3 Å². The quantitative estimate of drug-likeness (QED) is 0.804. The molecule has 2 heterocycles. The third-order valence-electron chi connectivity index (χ3n) is 2.16. The highest BCUT2D eigenvalue weighted by atomic mass is 16.5. The molecule has 2 aromatic heterocycles. The molecule has 0 aliphatic rings. The molecule has 5 nitrogen and oxygen atoms in total. The Morgan fingerprint density at radius 2 is 2.20 bits per heavy atom. The molecule has 15 heavy (non-hydrogen) atoms. The monoisotopic (exact) mass is 205 g/mol. The van der Waals surface area contributed by atoms with Crippen LogP contribution in [-0.2, 0) is 0 Å². The second-order valence-electron chi connectivity index (χ2n) is 3.63. The topological polar surface area (TPSA) is 82.0 Å². The van der Waals surface area contributed by atoms with Gasteiger partial charge in [0, 0.05) is 5.69 Å². The smallest absolute Gasteiger partial charge is 0.273 e. The lowest BCUT2D eigenvalue weighted by Gasteiger charge is -2.02. The minimum atomic E-state index is -0.623. The van der Waals surface area contributed by atoms with E-state index in [4.69, 9.17) is 10.3 Å². The van der Waals surface area contributed by atoms with E-state index >= 15 is 0 Å². The van der Waals surface area contributed by atoms with Crippen molar-refractivity contribution in [2.45, 2.75) is 19.8 Å². The average molecular weight is 205 g/mol. The number of fused-ring (bicyclic) bond motifs is 1. The molecule has 0 radical (unpaired) electrons. The Morgan fingerprint density at radius 1 is 1.47 bits per heavy atom. The minimum absolute atomic E-state index is 0.0903. The highest BCUT2D eigenvalue weighted by Gasteiger charge is 2.15. The Hall–Kier alpha value is -1.91. The van der Waals surface area contributed by atoms with Gasteiger partial charge in [-0.05, 0) is 18.1 Å². The van der Waals surface area contributed by atoms with Gasteiger partial charge in [0.25, 0.3) is 5.91 Å². The SMILES string of the molecule is CC(C)c1ccc2onc(C(N)=O)c2n1. The van der Waals surface area contributed by atoms with E-state index in [2.05, 4.69) is 10.1 Å². The van der Waals surface area contributed by atoms with E-state index < -0.39 is 5.91 Å². The van der Waals surface area contributed by atoms with Gasteiger partial charge in [-0.25, -0.2) is 4.98 Å². The van der Waals surface area contributed by atoms with Crippen molar-refractivity contribution in [3.05, 3.63) is 23.5 Å². The molecule has 0 unspecified atom stereocenters. The van der Waals surface area contributed by atoms with Gasteiger partial charge in [0.15, 0.2) is 11.3 Å². The van der Waals surface area contributed by atoms with Gasteiger partial charge in [0.1, 0.15) is 5.52 Å². The van der Waals surface area contributed by atoms with Crippen LogP contribution in [0.1, 0.15) is 35.9 Å². The number of nitrogens with zero attached hydrogens (tertiary/aromatic N) is 2. The maximum Gasteiger partial charge on any atom is 0.273 e. The minimum Gasteiger partial charge on any atom is -0.364 e. The standard InChI is InChI=1S/C10H11N3O2/c1-5(2)6-3-4-7-8(12-6)9(10(11)14)13-15-7/h3-5H,1-2H3,(H2,11,14). The van der Waals surface area contributed by atoms with Gasteiger partial charge >= 0.3 is 0 Å². The molecule has 78 valence electrons. The molecule has 0 bridgehead atoms. The number of primary amides is 1. The van der Waals surface area contributed by atoms with Gasteiger partial charge in [-0.2, -0.15) is 0 Å². The maximum absolute atomic E-state index is 11.0. The van der Waals surface area contributed by atoms with E-state index in [0.717, 1.165) is 5.69 Å². The largest absolute Gasteiger partial charge is 0.364 e. The molecule has 0 fully saturated rings. The number of rotatable bonds is 2. The summed E-state index contributed by atoms with van der Waals surface area (Å²) in [7, 11) is 0. The summed E-state index contributed by atoms with van der Waals surface area (Å²) in [6.45, 7) is 4.04. The van der Waals surface area contributed by atoms with Crippen LogP contribution in [0.4, 0.5) is 0 Å². The molecule has 0 saturated heterocycles. The van der Waals surface area contributed by atoms with Crippen LogP contribution in [0, 0.1) is 0 Å². The van der Waals surface area contributed by atoms with Crippen molar-refractivity contribution in [3.63, 3.8) is 0 Å². The molecule has 1 amide bonds. The molecule has 5 heteroatoms. The third kappa shape index (κ3) is 1.56. The number of amides is 1. The van der Waals surface area contributed by atoms with Crippen LogP contribution in [-0.4, -0.2) is 16.0 Å². The van der Waals surface area contributed by atoms with Crippen molar-refractivity contribution in [2.24, 2.45) is 5.73 Å². The molecule has 2 rings (SSSR count). The van der Waals surface area contributed by atoms with E-state index in [9.17, 15) is 4.79 Å². The predicted molar refractivity (Wildman–Crippen MR) is 54.4 cm³/mol. The Labute approximate surface area is 86.3 Å². The summed E-state index contributed by atoms with van der Waals surface area (Å²) in [6.07, 6.45) is 0. The Morgan fingerprint density at radius 3 is 2.80 bits per heavy atom. The lowest BCUT2D eigenvalue weighted by molar-refractivity contribution is 0.0993. The first-order valence-corrected chi connectivity index (χ1v) is 4.65. The first-order chi connectivity index (χ1) is 7.09. The van der Waals surface area contributed by atoms with Crippen molar-refractivity contribution in [1.29, 1.82) is 0 Å². The highest BCUT2D eigenvalue weighted by molar-refractivity contribution is 6.01. The zero-order valence-electron chi connectivity index (χ0n) is 8.52. The van der Waals surface area contributed by atoms with E-state index in [0.29, 0.717) is 11.1 Å². The summed E-state index contributed by atoms with van der Waals surface area (Å²) in [4.78, 5) is 15.3. The zero-order chi connectivity index (χ0) is 11.0. The van der Waals surface area contributed by atoms with Crippen LogP contribution < -0.4 is 5.73 Å². The number of carbonyl (C=O) groups is 1. The molecule has 0 atom stereocenters. The second kappa shape index (κ2) is 3.34. The van der Waals surface area contributed by atoms with Gasteiger partial charge in [0.05, 0.1) is 0 Å². The number of nitrogens with two attached hydrogens (primary N) is 1. The summed E-state index contributed by atoms with van der Waals surface area (Å²) in [6, 6.07) is 3.60. The van der Waals surface area contributed by atoms with Crippen LogP contribution >= 0.6 is 0 Å². The molecule has 0 aliphatic carbocycles. The fourth-order valence-electron chi connectivity index (χ4n) is 1.33. The first-order valence-electron chi connectivity index (χ1n) is 4.65. The zero-order valence-corrected chi connectivity index (χ0v) is 8.52. The highest BCUT2D eigenvalue weighted by Crippen LogP contribution is 2.19. The molecule has 0 aliphatic heterocycles. The van der Waals surface area contributed by atoms with E-state index in [1.807, 2.05) is 19.9 Å². The summed E-state index contributed by atoms with van der Waals surface area (Å²) >= 11 is 0.